The Morgan fingerprint density at radius 2 is 2.37 bits per heavy atom. The van der Waals surface area contributed by atoms with Gasteiger partial charge in [-0.2, -0.15) is 0 Å². The van der Waals surface area contributed by atoms with Gasteiger partial charge in [0.25, 0.3) is 5.69 Å². The number of anilines is 1. The van der Waals surface area contributed by atoms with Gasteiger partial charge in [0.2, 0.25) is 0 Å². The maximum Gasteiger partial charge on any atom is 0.294 e. The van der Waals surface area contributed by atoms with E-state index in [0.29, 0.717) is 23.9 Å². The second kappa shape index (κ2) is 5.73. The molecular formula is C12H15ClN2O4. The van der Waals surface area contributed by atoms with Crippen LogP contribution >= 0.6 is 11.6 Å². The van der Waals surface area contributed by atoms with Crippen LogP contribution in [0.5, 0.6) is 0 Å². The number of hydrogen-bond donors (Lipinski definition) is 1. The lowest BCUT2D eigenvalue weighted by Crippen LogP contribution is -2.49. The van der Waals surface area contributed by atoms with E-state index in [1.807, 2.05) is 11.8 Å². The predicted molar refractivity (Wildman–Crippen MR) is 71.7 cm³/mol. The summed E-state index contributed by atoms with van der Waals surface area (Å²) in [5.74, 6) is 0. The van der Waals surface area contributed by atoms with Crippen molar-refractivity contribution in [3.63, 3.8) is 0 Å². The first-order chi connectivity index (χ1) is 9.02. The molecule has 19 heavy (non-hydrogen) atoms. The van der Waals surface area contributed by atoms with Gasteiger partial charge in [-0.25, -0.2) is 0 Å². The fourth-order valence-electron chi connectivity index (χ4n) is 2.15. The number of halogens is 1. The molecule has 7 heteroatoms. The molecule has 2 rings (SSSR count). The van der Waals surface area contributed by atoms with E-state index in [9.17, 15) is 10.1 Å². The molecule has 104 valence electrons. The van der Waals surface area contributed by atoms with E-state index < -0.39 is 4.92 Å². The Hall–Kier alpha value is -1.37. The number of morpholine rings is 1. The Morgan fingerprint density at radius 3 is 3.00 bits per heavy atom. The minimum atomic E-state index is -0.447. The normalized spacial score (nSPS) is 23.4. The summed E-state index contributed by atoms with van der Waals surface area (Å²) in [6, 6.07) is 4.60. The van der Waals surface area contributed by atoms with Crippen LogP contribution in [0.15, 0.2) is 18.2 Å². The van der Waals surface area contributed by atoms with Crippen molar-refractivity contribution in [3.8, 4) is 0 Å². The van der Waals surface area contributed by atoms with Crippen molar-refractivity contribution >= 4 is 23.0 Å². The highest BCUT2D eigenvalue weighted by Crippen LogP contribution is 2.33. The lowest BCUT2D eigenvalue weighted by molar-refractivity contribution is -0.384. The Labute approximate surface area is 115 Å². The molecule has 1 aliphatic rings. The van der Waals surface area contributed by atoms with Gasteiger partial charge in [-0.1, -0.05) is 11.6 Å². The first-order valence-electron chi connectivity index (χ1n) is 5.96. The van der Waals surface area contributed by atoms with Crippen LogP contribution in [0.3, 0.4) is 0 Å². The average molecular weight is 287 g/mol. The first kappa shape index (κ1) is 14.0. The molecule has 0 amide bonds. The fourth-order valence-corrected chi connectivity index (χ4v) is 2.32. The van der Waals surface area contributed by atoms with E-state index in [-0.39, 0.29) is 24.4 Å². The lowest BCUT2D eigenvalue weighted by atomic mass is 10.1. The van der Waals surface area contributed by atoms with Gasteiger partial charge in [-0.05, 0) is 19.1 Å². The maximum atomic E-state index is 11.1. The van der Waals surface area contributed by atoms with Gasteiger partial charge in [-0.15, -0.1) is 0 Å². The Bertz CT molecular complexity index is 483. The fraction of sp³-hybridized carbons (Fsp3) is 0.500. The highest BCUT2D eigenvalue weighted by atomic mass is 35.5. The van der Waals surface area contributed by atoms with Crippen LogP contribution in [0, 0.1) is 10.1 Å². The molecule has 0 aliphatic carbocycles. The summed E-state index contributed by atoms with van der Waals surface area (Å²) < 4.78 is 5.43. The quantitative estimate of drug-likeness (QED) is 0.678. The van der Waals surface area contributed by atoms with Gasteiger partial charge < -0.3 is 14.7 Å². The van der Waals surface area contributed by atoms with Crippen molar-refractivity contribution in [2.24, 2.45) is 0 Å². The molecule has 0 radical (unpaired) electrons. The van der Waals surface area contributed by atoms with Crippen LogP contribution < -0.4 is 4.90 Å². The number of ether oxygens (including phenoxy) is 1. The van der Waals surface area contributed by atoms with E-state index in [2.05, 4.69) is 0 Å². The van der Waals surface area contributed by atoms with Gasteiger partial charge in [0.1, 0.15) is 5.69 Å². The zero-order valence-corrected chi connectivity index (χ0v) is 11.2. The maximum absolute atomic E-state index is 11.1. The van der Waals surface area contributed by atoms with Crippen molar-refractivity contribution < 1.29 is 14.8 Å². The number of aliphatic hydroxyl groups is 1. The second-order valence-corrected chi connectivity index (χ2v) is 4.97. The van der Waals surface area contributed by atoms with Crippen molar-refractivity contribution in [2.75, 3.05) is 24.7 Å². The largest absolute Gasteiger partial charge is 0.394 e. The van der Waals surface area contributed by atoms with Gasteiger partial charge in [-0.3, -0.25) is 10.1 Å². The van der Waals surface area contributed by atoms with Crippen LogP contribution in [-0.4, -0.2) is 41.9 Å². The number of nitro benzene ring substituents is 1. The van der Waals surface area contributed by atoms with Crippen LogP contribution in [0.1, 0.15) is 6.92 Å². The number of nitro groups is 1. The Kier molecular flexibility index (Phi) is 4.24. The van der Waals surface area contributed by atoms with Crippen LogP contribution in [0.25, 0.3) is 0 Å². The molecule has 0 saturated carbocycles. The molecule has 1 aliphatic heterocycles. The molecule has 2 atom stereocenters. The van der Waals surface area contributed by atoms with Gasteiger partial charge >= 0.3 is 0 Å². The number of nitrogens with zero attached hydrogens (tertiary/aromatic N) is 2. The average Bonchev–Trinajstić information content (AvgIpc) is 2.39. The van der Waals surface area contributed by atoms with Crippen molar-refractivity contribution in [1.29, 1.82) is 0 Å². The monoisotopic (exact) mass is 286 g/mol. The zero-order valence-electron chi connectivity index (χ0n) is 10.5. The molecule has 1 saturated heterocycles. The third kappa shape index (κ3) is 2.97. The standard InChI is InChI=1S/C12H15ClN2O4/c1-8-7-19-10(6-16)5-14(8)11-3-2-9(13)4-12(11)15(17)18/h2-4,8,10,16H,5-7H2,1H3. The summed E-state index contributed by atoms with van der Waals surface area (Å²) in [4.78, 5) is 12.5. The number of hydrogen-bond acceptors (Lipinski definition) is 5. The Morgan fingerprint density at radius 1 is 1.63 bits per heavy atom. The van der Waals surface area contributed by atoms with Crippen LogP contribution in [0.2, 0.25) is 5.02 Å². The molecular weight excluding hydrogens is 272 g/mol. The number of aliphatic hydroxyl groups excluding tert-OH is 1. The Balaban J connectivity index is 2.36. The highest BCUT2D eigenvalue weighted by molar-refractivity contribution is 6.30. The predicted octanol–water partition coefficient (Wildman–Crippen LogP) is 1.83. The van der Waals surface area contributed by atoms with E-state index in [4.69, 9.17) is 21.4 Å². The SMILES string of the molecule is CC1COC(CO)CN1c1ccc(Cl)cc1[N+](=O)[O-]. The molecule has 0 aromatic heterocycles. The topological polar surface area (TPSA) is 75.8 Å². The zero-order chi connectivity index (χ0) is 14.0. The summed E-state index contributed by atoms with van der Waals surface area (Å²) >= 11 is 5.80. The van der Waals surface area contributed by atoms with Gasteiger partial charge in [0.15, 0.2) is 0 Å². The molecule has 1 N–H and O–H groups in total. The number of rotatable bonds is 3. The summed E-state index contributed by atoms with van der Waals surface area (Å²) in [5, 5.41) is 20.6. The molecule has 1 aromatic carbocycles. The van der Waals surface area contributed by atoms with E-state index >= 15 is 0 Å². The summed E-state index contributed by atoms with van der Waals surface area (Å²) in [5.41, 5.74) is 0.474. The molecule has 0 spiro atoms. The second-order valence-electron chi connectivity index (χ2n) is 4.53. The minimum Gasteiger partial charge on any atom is -0.394 e. The highest BCUT2D eigenvalue weighted by Gasteiger charge is 2.30. The smallest absolute Gasteiger partial charge is 0.294 e. The van der Waals surface area contributed by atoms with Crippen molar-refractivity contribution in [3.05, 3.63) is 33.3 Å². The summed E-state index contributed by atoms with van der Waals surface area (Å²) in [7, 11) is 0. The molecule has 1 heterocycles. The van der Waals surface area contributed by atoms with Crippen molar-refractivity contribution in [2.45, 2.75) is 19.1 Å². The van der Waals surface area contributed by atoms with E-state index in [1.165, 1.54) is 6.07 Å². The molecule has 1 fully saturated rings. The molecule has 0 bridgehead atoms. The van der Waals surface area contributed by atoms with Crippen LogP contribution in [-0.2, 0) is 4.74 Å². The van der Waals surface area contributed by atoms with E-state index in [0.717, 1.165) is 0 Å². The molecule has 1 aromatic rings. The summed E-state index contributed by atoms with van der Waals surface area (Å²) in [6.45, 7) is 2.65. The lowest BCUT2D eigenvalue weighted by Gasteiger charge is -2.38. The number of benzene rings is 1. The third-order valence-corrected chi connectivity index (χ3v) is 3.39. The van der Waals surface area contributed by atoms with Crippen LogP contribution in [0.4, 0.5) is 11.4 Å². The van der Waals surface area contributed by atoms with Gasteiger partial charge in [0, 0.05) is 23.7 Å². The van der Waals surface area contributed by atoms with Crippen molar-refractivity contribution in [1.82, 2.24) is 0 Å². The third-order valence-electron chi connectivity index (χ3n) is 3.15. The minimum absolute atomic E-state index is 0.00248. The first-order valence-corrected chi connectivity index (χ1v) is 6.33. The summed E-state index contributed by atoms with van der Waals surface area (Å²) in [6.07, 6.45) is -0.327. The van der Waals surface area contributed by atoms with E-state index in [1.54, 1.807) is 12.1 Å². The molecule has 2 unspecified atom stereocenters. The molecule has 6 nitrogen and oxygen atoms in total. The van der Waals surface area contributed by atoms with Gasteiger partial charge in [0.05, 0.1) is 24.2 Å².